The van der Waals surface area contributed by atoms with Gasteiger partial charge in [-0.3, -0.25) is 5.10 Å². The zero-order chi connectivity index (χ0) is 13.9. The van der Waals surface area contributed by atoms with Crippen LogP contribution >= 0.6 is 11.3 Å². The minimum atomic E-state index is 0.506. The van der Waals surface area contributed by atoms with Crippen molar-refractivity contribution >= 4 is 11.3 Å². The normalized spacial score (nSPS) is 17.7. The van der Waals surface area contributed by atoms with Crippen LogP contribution in [0, 0.1) is 19.8 Å². The lowest BCUT2D eigenvalue weighted by atomic mass is 9.96. The van der Waals surface area contributed by atoms with E-state index in [2.05, 4.69) is 46.9 Å². The molecule has 1 atom stereocenters. The summed E-state index contributed by atoms with van der Waals surface area (Å²) < 4.78 is 0. The third-order valence-corrected chi connectivity index (χ3v) is 5.46. The number of aromatic nitrogens is 2. The van der Waals surface area contributed by atoms with Gasteiger partial charge in [0.05, 0.1) is 5.69 Å². The van der Waals surface area contributed by atoms with Gasteiger partial charge in [-0.1, -0.05) is 18.9 Å². The molecule has 2 N–H and O–H groups in total. The highest BCUT2D eigenvalue weighted by molar-refractivity contribution is 7.10. The molecule has 2 aromatic rings. The average molecular weight is 289 g/mol. The fourth-order valence-corrected chi connectivity index (χ4v) is 4.20. The molecule has 0 aromatic carbocycles. The van der Waals surface area contributed by atoms with Gasteiger partial charge in [-0.25, -0.2) is 0 Å². The van der Waals surface area contributed by atoms with Crippen molar-refractivity contribution in [3.8, 4) is 0 Å². The second-order valence-electron chi connectivity index (χ2n) is 5.83. The van der Waals surface area contributed by atoms with Crippen LogP contribution in [0.2, 0.25) is 0 Å². The quantitative estimate of drug-likeness (QED) is 0.869. The Morgan fingerprint density at radius 1 is 1.40 bits per heavy atom. The van der Waals surface area contributed by atoms with Crippen molar-refractivity contribution in [2.75, 3.05) is 0 Å². The lowest BCUT2D eigenvalue weighted by molar-refractivity contribution is 0.370. The molecule has 4 heteroatoms. The number of rotatable bonds is 5. The first kappa shape index (κ1) is 13.8. The minimum Gasteiger partial charge on any atom is -0.305 e. The van der Waals surface area contributed by atoms with E-state index < -0.39 is 0 Å². The van der Waals surface area contributed by atoms with Gasteiger partial charge in [0.15, 0.2) is 0 Å². The SMILES string of the molecule is Cc1n[nH]c(C)c1CNC(c1cccs1)C1CCCC1. The molecule has 2 aromatic heterocycles. The predicted molar refractivity (Wildman–Crippen MR) is 83.9 cm³/mol. The summed E-state index contributed by atoms with van der Waals surface area (Å²) in [5, 5.41) is 13.4. The zero-order valence-electron chi connectivity index (χ0n) is 12.3. The number of nitrogens with one attached hydrogen (secondary N) is 2. The van der Waals surface area contributed by atoms with E-state index in [1.54, 1.807) is 0 Å². The Morgan fingerprint density at radius 2 is 2.20 bits per heavy atom. The van der Waals surface area contributed by atoms with Crippen molar-refractivity contribution in [1.29, 1.82) is 0 Å². The Balaban J connectivity index is 1.73. The van der Waals surface area contributed by atoms with Crippen LogP contribution in [0.4, 0.5) is 0 Å². The van der Waals surface area contributed by atoms with Crippen LogP contribution in [0.1, 0.15) is 53.6 Å². The molecule has 1 aliphatic rings. The minimum absolute atomic E-state index is 0.506. The highest BCUT2D eigenvalue weighted by Crippen LogP contribution is 2.37. The molecular weight excluding hydrogens is 266 g/mol. The standard InChI is InChI=1S/C16H23N3S/c1-11-14(12(2)19-18-11)10-17-16(13-6-3-4-7-13)15-8-5-9-20-15/h5,8-9,13,16-17H,3-4,6-7,10H2,1-2H3,(H,18,19). The molecule has 3 nitrogen and oxygen atoms in total. The van der Waals surface area contributed by atoms with Crippen LogP contribution in [0.15, 0.2) is 17.5 Å². The summed E-state index contributed by atoms with van der Waals surface area (Å²) in [6, 6.07) is 4.94. The van der Waals surface area contributed by atoms with E-state index in [1.165, 1.54) is 41.8 Å². The van der Waals surface area contributed by atoms with Gasteiger partial charge in [0.1, 0.15) is 0 Å². The number of hydrogen-bond acceptors (Lipinski definition) is 3. The first-order valence-corrected chi connectivity index (χ1v) is 8.41. The van der Waals surface area contributed by atoms with E-state index in [0.29, 0.717) is 6.04 Å². The fourth-order valence-electron chi connectivity index (χ4n) is 3.31. The van der Waals surface area contributed by atoms with Gasteiger partial charge in [0.2, 0.25) is 0 Å². The molecule has 1 aliphatic carbocycles. The topological polar surface area (TPSA) is 40.7 Å². The van der Waals surface area contributed by atoms with E-state index >= 15 is 0 Å². The first-order chi connectivity index (χ1) is 9.75. The third-order valence-electron chi connectivity index (χ3n) is 4.50. The van der Waals surface area contributed by atoms with E-state index in [0.717, 1.165) is 18.2 Å². The lowest BCUT2D eigenvalue weighted by Crippen LogP contribution is -2.26. The van der Waals surface area contributed by atoms with Gasteiger partial charge >= 0.3 is 0 Å². The summed E-state index contributed by atoms with van der Waals surface area (Å²) in [6.45, 7) is 5.09. The third kappa shape index (κ3) is 2.81. The van der Waals surface area contributed by atoms with Gasteiger partial charge < -0.3 is 5.32 Å². The van der Waals surface area contributed by atoms with E-state index in [9.17, 15) is 0 Å². The van der Waals surface area contributed by atoms with Crippen molar-refractivity contribution in [1.82, 2.24) is 15.5 Å². The van der Waals surface area contributed by atoms with Crippen molar-refractivity contribution in [2.45, 2.75) is 52.1 Å². The molecule has 108 valence electrons. The predicted octanol–water partition coefficient (Wildman–Crippen LogP) is 4.11. The number of thiophene rings is 1. The Hall–Kier alpha value is -1.13. The number of hydrogen-bond donors (Lipinski definition) is 2. The summed E-state index contributed by atoms with van der Waals surface area (Å²) in [6.07, 6.45) is 5.49. The highest BCUT2D eigenvalue weighted by Gasteiger charge is 2.27. The second kappa shape index (κ2) is 6.10. The summed E-state index contributed by atoms with van der Waals surface area (Å²) in [4.78, 5) is 1.48. The Morgan fingerprint density at radius 3 is 2.80 bits per heavy atom. The molecular formula is C16H23N3S. The van der Waals surface area contributed by atoms with E-state index in [1.807, 2.05) is 11.3 Å². The molecule has 0 radical (unpaired) electrons. The van der Waals surface area contributed by atoms with Crippen molar-refractivity contribution in [3.05, 3.63) is 39.3 Å². The monoisotopic (exact) mass is 289 g/mol. The summed E-state index contributed by atoms with van der Waals surface area (Å²) in [5.74, 6) is 0.793. The van der Waals surface area contributed by atoms with Crippen LogP contribution in [0.5, 0.6) is 0 Å². The summed E-state index contributed by atoms with van der Waals surface area (Å²) in [5.41, 5.74) is 3.63. The van der Waals surface area contributed by atoms with Crippen LogP contribution < -0.4 is 5.32 Å². The molecule has 2 heterocycles. The zero-order valence-corrected chi connectivity index (χ0v) is 13.1. The molecule has 1 unspecified atom stereocenters. The van der Waals surface area contributed by atoms with E-state index in [4.69, 9.17) is 0 Å². The number of nitrogens with zero attached hydrogens (tertiary/aromatic N) is 1. The largest absolute Gasteiger partial charge is 0.305 e. The first-order valence-electron chi connectivity index (χ1n) is 7.53. The van der Waals surface area contributed by atoms with Crippen molar-refractivity contribution in [3.63, 3.8) is 0 Å². The summed E-state index contributed by atoms with van der Waals surface area (Å²) >= 11 is 1.88. The molecule has 0 spiro atoms. The lowest BCUT2D eigenvalue weighted by Gasteiger charge is -2.24. The molecule has 1 fully saturated rings. The smallest absolute Gasteiger partial charge is 0.0638 e. The summed E-state index contributed by atoms with van der Waals surface area (Å²) in [7, 11) is 0. The maximum Gasteiger partial charge on any atom is 0.0638 e. The maximum absolute atomic E-state index is 4.29. The molecule has 20 heavy (non-hydrogen) atoms. The number of aromatic amines is 1. The fraction of sp³-hybridized carbons (Fsp3) is 0.562. The molecule has 1 saturated carbocycles. The van der Waals surface area contributed by atoms with Crippen LogP contribution in [0.25, 0.3) is 0 Å². The number of aryl methyl sites for hydroxylation is 2. The van der Waals surface area contributed by atoms with Gasteiger partial charge in [0, 0.05) is 28.7 Å². The van der Waals surface area contributed by atoms with Gasteiger partial charge in [0.25, 0.3) is 0 Å². The Kier molecular flexibility index (Phi) is 4.22. The highest BCUT2D eigenvalue weighted by atomic mass is 32.1. The van der Waals surface area contributed by atoms with Crippen LogP contribution in [0.3, 0.4) is 0 Å². The average Bonchev–Trinajstić information content (AvgIpc) is 3.16. The van der Waals surface area contributed by atoms with E-state index in [-0.39, 0.29) is 0 Å². The molecule has 3 rings (SSSR count). The van der Waals surface area contributed by atoms with Crippen LogP contribution in [-0.4, -0.2) is 10.2 Å². The van der Waals surface area contributed by atoms with Gasteiger partial charge in [-0.2, -0.15) is 5.10 Å². The van der Waals surface area contributed by atoms with Gasteiger partial charge in [-0.05, 0) is 44.1 Å². The van der Waals surface area contributed by atoms with Gasteiger partial charge in [-0.15, -0.1) is 11.3 Å². The Labute approximate surface area is 124 Å². The van der Waals surface area contributed by atoms with Crippen molar-refractivity contribution in [2.24, 2.45) is 5.92 Å². The second-order valence-corrected chi connectivity index (χ2v) is 6.81. The molecule has 0 saturated heterocycles. The molecule has 0 aliphatic heterocycles. The number of H-pyrrole nitrogens is 1. The molecule has 0 amide bonds. The van der Waals surface area contributed by atoms with Crippen molar-refractivity contribution < 1.29 is 0 Å². The maximum atomic E-state index is 4.29. The Bertz CT molecular complexity index is 519. The molecule has 0 bridgehead atoms. The van der Waals surface area contributed by atoms with Crippen LogP contribution in [-0.2, 0) is 6.54 Å².